The van der Waals surface area contributed by atoms with Crippen molar-refractivity contribution in [2.24, 2.45) is 13.0 Å². The molecule has 188 valence electrons. The Balaban J connectivity index is 1.51. The Kier molecular flexibility index (Phi) is 7.04. The number of likely N-dealkylation sites (tertiary alicyclic amines) is 1. The quantitative estimate of drug-likeness (QED) is 0.350. The highest BCUT2D eigenvalue weighted by molar-refractivity contribution is 5.82. The van der Waals surface area contributed by atoms with Crippen LogP contribution in [-0.2, 0) is 7.05 Å². The van der Waals surface area contributed by atoms with Crippen molar-refractivity contribution in [1.29, 1.82) is 0 Å². The summed E-state index contributed by atoms with van der Waals surface area (Å²) in [5.41, 5.74) is 5.55. The molecule has 0 saturated carbocycles. The van der Waals surface area contributed by atoms with Crippen LogP contribution < -0.4 is 14.4 Å². The van der Waals surface area contributed by atoms with Crippen LogP contribution in [0.3, 0.4) is 0 Å². The molecule has 0 spiro atoms. The fraction of sp³-hybridized carbons (Fsp3) is 0.393. The van der Waals surface area contributed by atoms with Crippen LogP contribution in [0.2, 0.25) is 0 Å². The van der Waals surface area contributed by atoms with Gasteiger partial charge in [-0.15, -0.1) is 0 Å². The summed E-state index contributed by atoms with van der Waals surface area (Å²) in [6.07, 6.45) is 8.09. The number of piperidine rings is 1. The van der Waals surface area contributed by atoms with Crippen LogP contribution >= 0.6 is 0 Å². The maximum atomic E-state index is 5.58. The third-order valence-electron chi connectivity index (χ3n) is 7.00. The van der Waals surface area contributed by atoms with E-state index in [1.54, 1.807) is 25.1 Å². The number of benzene rings is 2. The van der Waals surface area contributed by atoms with Gasteiger partial charge in [0.1, 0.15) is 11.5 Å². The third-order valence-corrected chi connectivity index (χ3v) is 7.00. The molecule has 1 aliphatic heterocycles. The van der Waals surface area contributed by atoms with E-state index >= 15 is 0 Å². The van der Waals surface area contributed by atoms with Crippen LogP contribution in [0.25, 0.3) is 22.3 Å². The second kappa shape index (κ2) is 10.5. The summed E-state index contributed by atoms with van der Waals surface area (Å²) < 4.78 is 12.9. The first kappa shape index (κ1) is 24.1. The zero-order valence-corrected chi connectivity index (χ0v) is 21.5. The van der Waals surface area contributed by atoms with Gasteiger partial charge in [0.2, 0.25) is 0 Å². The number of methoxy groups -OCH3 is 2. The van der Waals surface area contributed by atoms with Crippen molar-refractivity contribution in [3.8, 4) is 22.8 Å². The Labute approximate surface area is 212 Å². The smallest absolute Gasteiger partial charge is 0.124 e. The molecule has 36 heavy (non-hydrogen) atoms. The summed E-state index contributed by atoms with van der Waals surface area (Å²) in [4.78, 5) is 14.5. The van der Waals surface area contributed by atoms with Gasteiger partial charge in [-0.05, 0) is 50.0 Å². The number of nitrogens with zero attached hydrogens (tertiary/aromatic N) is 6. The lowest BCUT2D eigenvalue weighted by Gasteiger charge is -2.33. The molecule has 2 aromatic heterocycles. The van der Waals surface area contributed by atoms with E-state index in [1.807, 2.05) is 31.6 Å². The van der Waals surface area contributed by atoms with E-state index in [0.29, 0.717) is 0 Å². The van der Waals surface area contributed by atoms with Crippen LogP contribution in [0.5, 0.6) is 11.5 Å². The lowest BCUT2D eigenvalue weighted by atomic mass is 9.99. The first-order valence-electron chi connectivity index (χ1n) is 12.5. The van der Waals surface area contributed by atoms with E-state index in [1.165, 1.54) is 12.8 Å². The number of fused-ring (bicyclic) bond motifs is 1. The highest BCUT2D eigenvalue weighted by atomic mass is 16.5. The molecule has 1 saturated heterocycles. The van der Waals surface area contributed by atoms with Crippen molar-refractivity contribution in [2.45, 2.75) is 19.8 Å². The molecule has 0 bridgehead atoms. The molecule has 1 fully saturated rings. The van der Waals surface area contributed by atoms with Gasteiger partial charge in [0, 0.05) is 61.5 Å². The molecule has 4 aromatic rings. The Morgan fingerprint density at radius 3 is 2.36 bits per heavy atom. The van der Waals surface area contributed by atoms with Crippen LogP contribution in [-0.4, -0.2) is 65.0 Å². The van der Waals surface area contributed by atoms with E-state index in [-0.39, 0.29) is 0 Å². The van der Waals surface area contributed by atoms with Gasteiger partial charge < -0.3 is 19.3 Å². The van der Waals surface area contributed by atoms with Crippen LogP contribution in [0, 0.1) is 5.92 Å². The minimum Gasteiger partial charge on any atom is -0.497 e. The second-order valence-corrected chi connectivity index (χ2v) is 9.58. The Morgan fingerprint density at radius 2 is 1.69 bits per heavy atom. The number of hydrogen-bond acceptors (Lipinski definition) is 7. The largest absolute Gasteiger partial charge is 0.497 e. The number of aromatic nitrogens is 4. The molecular weight excluding hydrogens is 452 g/mol. The lowest BCUT2D eigenvalue weighted by molar-refractivity contribution is 0.197. The van der Waals surface area contributed by atoms with Gasteiger partial charge >= 0.3 is 0 Å². The molecule has 2 aromatic carbocycles. The lowest BCUT2D eigenvalue weighted by Crippen LogP contribution is -2.38. The molecule has 0 N–H and O–H groups in total. The van der Waals surface area contributed by atoms with E-state index < -0.39 is 0 Å². The summed E-state index contributed by atoms with van der Waals surface area (Å²) in [5.74, 6) is 2.34. The van der Waals surface area contributed by atoms with Crippen LogP contribution in [0.4, 0.5) is 11.4 Å². The highest BCUT2D eigenvalue weighted by Crippen LogP contribution is 2.34. The van der Waals surface area contributed by atoms with Gasteiger partial charge in [-0.3, -0.25) is 9.67 Å². The summed E-state index contributed by atoms with van der Waals surface area (Å²) in [7, 11) is 5.27. The molecule has 3 heterocycles. The van der Waals surface area contributed by atoms with Gasteiger partial charge in [-0.2, -0.15) is 5.10 Å². The fourth-order valence-corrected chi connectivity index (χ4v) is 4.74. The number of hydrogen-bond donors (Lipinski definition) is 0. The highest BCUT2D eigenvalue weighted by Gasteiger charge is 2.19. The first-order valence-corrected chi connectivity index (χ1v) is 12.5. The molecule has 8 heteroatoms. The predicted octanol–water partition coefficient (Wildman–Crippen LogP) is 4.92. The number of aryl methyl sites for hydroxylation is 1. The number of rotatable bonds is 8. The summed E-state index contributed by atoms with van der Waals surface area (Å²) in [5, 5.41) is 4.28. The summed E-state index contributed by atoms with van der Waals surface area (Å²) >= 11 is 0. The minimum absolute atomic E-state index is 0.764. The third kappa shape index (κ3) is 5.28. The van der Waals surface area contributed by atoms with Crippen LogP contribution in [0.15, 0.2) is 55.0 Å². The SMILES string of the molecule is COc1cc(OC)cc(N(CCN2CCC(C)CC2)c2ccc3ncc(-c4cnn(C)c4)nc3c2)c1. The van der Waals surface area contributed by atoms with Gasteiger partial charge in [0.05, 0.1) is 43.3 Å². The average Bonchev–Trinajstić information content (AvgIpc) is 3.35. The minimum atomic E-state index is 0.764. The molecule has 5 rings (SSSR count). The van der Waals surface area contributed by atoms with Crippen molar-refractivity contribution >= 4 is 22.4 Å². The van der Waals surface area contributed by atoms with Crippen molar-refractivity contribution in [3.05, 3.63) is 55.0 Å². The van der Waals surface area contributed by atoms with Crippen LogP contribution in [0.1, 0.15) is 19.8 Å². The Morgan fingerprint density at radius 1 is 0.944 bits per heavy atom. The normalized spacial score (nSPS) is 14.8. The van der Waals surface area contributed by atoms with E-state index in [2.05, 4.69) is 51.1 Å². The molecule has 0 atom stereocenters. The molecule has 0 aliphatic carbocycles. The molecular formula is C28H34N6O2. The maximum Gasteiger partial charge on any atom is 0.124 e. The van der Waals surface area contributed by atoms with E-state index in [0.717, 1.165) is 77.3 Å². The van der Waals surface area contributed by atoms with Gasteiger partial charge in [0.25, 0.3) is 0 Å². The second-order valence-electron chi connectivity index (χ2n) is 9.58. The van der Waals surface area contributed by atoms with E-state index in [4.69, 9.17) is 14.5 Å². The molecule has 1 aliphatic rings. The number of ether oxygens (including phenoxy) is 2. The zero-order chi connectivity index (χ0) is 25.1. The molecule has 8 nitrogen and oxygen atoms in total. The molecule has 0 unspecified atom stereocenters. The zero-order valence-electron chi connectivity index (χ0n) is 21.5. The van der Waals surface area contributed by atoms with Gasteiger partial charge in [0.15, 0.2) is 0 Å². The van der Waals surface area contributed by atoms with Gasteiger partial charge in [-0.25, -0.2) is 4.98 Å². The standard InChI is InChI=1S/C28H34N6O2/c1-20-7-9-33(10-8-20)11-12-34(23-13-24(35-3)16-25(14-23)36-4)22-5-6-26-27(15-22)31-28(18-29-26)21-17-30-32(2)19-21/h5-6,13-20H,7-12H2,1-4H3. The monoisotopic (exact) mass is 486 g/mol. The molecule has 0 radical (unpaired) electrons. The Bertz CT molecular complexity index is 1310. The topological polar surface area (TPSA) is 68.5 Å². The summed E-state index contributed by atoms with van der Waals surface area (Å²) in [6, 6.07) is 12.3. The predicted molar refractivity (Wildman–Crippen MR) is 143 cm³/mol. The van der Waals surface area contributed by atoms with Crippen molar-refractivity contribution in [2.75, 3.05) is 45.3 Å². The summed E-state index contributed by atoms with van der Waals surface area (Å²) in [6.45, 7) is 6.46. The maximum absolute atomic E-state index is 5.58. The first-order chi connectivity index (χ1) is 17.5. The fourth-order valence-electron chi connectivity index (χ4n) is 4.74. The van der Waals surface area contributed by atoms with Crippen molar-refractivity contribution in [1.82, 2.24) is 24.6 Å². The van der Waals surface area contributed by atoms with Crippen molar-refractivity contribution < 1.29 is 9.47 Å². The molecule has 0 amide bonds. The average molecular weight is 487 g/mol. The van der Waals surface area contributed by atoms with Gasteiger partial charge in [-0.1, -0.05) is 6.92 Å². The van der Waals surface area contributed by atoms with Crippen molar-refractivity contribution in [3.63, 3.8) is 0 Å². The Hall–Kier alpha value is -3.65. The van der Waals surface area contributed by atoms with E-state index in [9.17, 15) is 0 Å². The number of anilines is 2.